The zero-order valence-electron chi connectivity index (χ0n) is 18.6. The summed E-state index contributed by atoms with van der Waals surface area (Å²) >= 11 is 0. The van der Waals surface area contributed by atoms with Crippen molar-refractivity contribution in [2.24, 2.45) is 0 Å². The number of aliphatic hydroxyl groups is 3. The van der Waals surface area contributed by atoms with Crippen LogP contribution >= 0.6 is 0 Å². The number of hydrogen-bond acceptors (Lipinski definition) is 3. The summed E-state index contributed by atoms with van der Waals surface area (Å²) in [5, 5.41) is 33.0. The SMILES string of the molecule is O[C@@H](Cc1ccccc1)c1cc([C@@H](O)Cc2ccccc2)cc([C@@H](O)Cc2ccccc2)c1. The van der Waals surface area contributed by atoms with E-state index in [9.17, 15) is 15.3 Å². The fraction of sp³-hybridized carbons (Fsp3) is 0.200. The zero-order chi connectivity index (χ0) is 23.0. The van der Waals surface area contributed by atoms with Gasteiger partial charge in [-0.25, -0.2) is 0 Å². The molecule has 4 rings (SSSR count). The second kappa shape index (κ2) is 11.1. The summed E-state index contributed by atoms with van der Waals surface area (Å²) in [6.45, 7) is 0. The third-order valence-electron chi connectivity index (χ3n) is 5.97. The van der Waals surface area contributed by atoms with Crippen LogP contribution in [0.15, 0.2) is 109 Å². The number of benzene rings is 4. The molecule has 3 atom stereocenters. The van der Waals surface area contributed by atoms with Crippen molar-refractivity contribution in [1.82, 2.24) is 0 Å². The minimum atomic E-state index is -0.737. The molecule has 0 aromatic heterocycles. The predicted molar refractivity (Wildman–Crippen MR) is 132 cm³/mol. The van der Waals surface area contributed by atoms with Crippen LogP contribution in [-0.4, -0.2) is 15.3 Å². The fourth-order valence-electron chi connectivity index (χ4n) is 4.15. The van der Waals surface area contributed by atoms with Crippen molar-refractivity contribution in [3.8, 4) is 0 Å². The molecule has 33 heavy (non-hydrogen) atoms. The highest BCUT2D eigenvalue weighted by Gasteiger charge is 2.18. The van der Waals surface area contributed by atoms with Crippen molar-refractivity contribution in [3.63, 3.8) is 0 Å². The molecule has 3 N–H and O–H groups in total. The van der Waals surface area contributed by atoms with Crippen molar-refractivity contribution in [1.29, 1.82) is 0 Å². The van der Waals surface area contributed by atoms with Crippen LogP contribution in [0, 0.1) is 0 Å². The number of aliphatic hydroxyl groups excluding tert-OH is 3. The van der Waals surface area contributed by atoms with Crippen molar-refractivity contribution >= 4 is 0 Å². The Morgan fingerprint density at radius 1 is 0.394 bits per heavy atom. The molecule has 4 aromatic rings. The molecule has 0 amide bonds. The van der Waals surface area contributed by atoms with Gasteiger partial charge < -0.3 is 15.3 Å². The van der Waals surface area contributed by atoms with Gasteiger partial charge in [0.05, 0.1) is 18.3 Å². The molecule has 0 aliphatic carbocycles. The number of hydrogen-bond donors (Lipinski definition) is 3. The normalized spacial score (nSPS) is 13.9. The first-order chi connectivity index (χ1) is 16.1. The van der Waals surface area contributed by atoms with Crippen molar-refractivity contribution in [3.05, 3.63) is 143 Å². The highest BCUT2D eigenvalue weighted by Crippen LogP contribution is 2.29. The summed E-state index contributed by atoms with van der Waals surface area (Å²) in [5.74, 6) is 0. The lowest BCUT2D eigenvalue weighted by Crippen LogP contribution is -2.10. The van der Waals surface area contributed by atoms with Crippen molar-refractivity contribution < 1.29 is 15.3 Å². The Bertz CT molecular complexity index is 968. The summed E-state index contributed by atoms with van der Waals surface area (Å²) in [6, 6.07) is 35.1. The molecule has 3 heteroatoms. The Balaban J connectivity index is 1.62. The topological polar surface area (TPSA) is 60.7 Å². The van der Waals surface area contributed by atoms with Gasteiger partial charge in [-0.2, -0.15) is 0 Å². The van der Waals surface area contributed by atoms with E-state index < -0.39 is 18.3 Å². The molecule has 0 fully saturated rings. The first-order valence-corrected chi connectivity index (χ1v) is 11.4. The minimum Gasteiger partial charge on any atom is -0.388 e. The molecule has 0 saturated heterocycles. The summed E-state index contributed by atoms with van der Waals surface area (Å²) in [4.78, 5) is 0. The lowest BCUT2D eigenvalue weighted by Gasteiger charge is -2.20. The van der Waals surface area contributed by atoms with Crippen LogP contribution in [0.1, 0.15) is 51.7 Å². The van der Waals surface area contributed by atoms with Gasteiger partial charge in [0.1, 0.15) is 0 Å². The van der Waals surface area contributed by atoms with Gasteiger partial charge in [-0.1, -0.05) is 109 Å². The van der Waals surface area contributed by atoms with Gasteiger partial charge in [-0.3, -0.25) is 0 Å². The lowest BCUT2D eigenvalue weighted by atomic mass is 9.91. The Labute approximate surface area is 195 Å². The van der Waals surface area contributed by atoms with E-state index in [1.807, 2.05) is 109 Å². The highest BCUT2D eigenvalue weighted by molar-refractivity contribution is 5.36. The second-order valence-corrected chi connectivity index (χ2v) is 8.55. The molecule has 0 radical (unpaired) electrons. The van der Waals surface area contributed by atoms with Crippen LogP contribution in [0.25, 0.3) is 0 Å². The molecule has 4 aromatic carbocycles. The Kier molecular flexibility index (Phi) is 7.69. The van der Waals surface area contributed by atoms with Crippen LogP contribution in [0.5, 0.6) is 0 Å². The van der Waals surface area contributed by atoms with Gasteiger partial charge in [0, 0.05) is 19.3 Å². The standard InChI is InChI=1S/C30H30O3/c31-28(16-22-10-4-1-5-11-22)25-19-26(29(32)17-23-12-6-2-7-13-23)21-27(20-25)30(33)18-24-14-8-3-9-15-24/h1-15,19-21,28-33H,16-18H2/t28-,29-,30-/m0/s1. The molecule has 0 unspecified atom stereocenters. The first kappa shape index (κ1) is 22.9. The Hall–Kier alpha value is -3.24. The fourth-order valence-corrected chi connectivity index (χ4v) is 4.15. The largest absolute Gasteiger partial charge is 0.388 e. The van der Waals surface area contributed by atoms with E-state index in [2.05, 4.69) is 0 Å². The lowest BCUT2D eigenvalue weighted by molar-refractivity contribution is 0.165. The van der Waals surface area contributed by atoms with Gasteiger partial charge in [0.15, 0.2) is 0 Å². The summed E-state index contributed by atoms with van der Waals surface area (Å²) < 4.78 is 0. The maximum absolute atomic E-state index is 11.0. The van der Waals surface area contributed by atoms with Crippen LogP contribution in [0.3, 0.4) is 0 Å². The summed E-state index contributed by atoms with van der Waals surface area (Å²) in [5.41, 5.74) is 5.20. The zero-order valence-corrected chi connectivity index (χ0v) is 18.6. The first-order valence-electron chi connectivity index (χ1n) is 11.4. The minimum absolute atomic E-state index is 0.466. The maximum atomic E-state index is 11.0. The maximum Gasteiger partial charge on any atom is 0.0830 e. The van der Waals surface area contributed by atoms with Gasteiger partial charge in [-0.05, 0) is 33.4 Å². The number of rotatable bonds is 9. The van der Waals surface area contributed by atoms with Gasteiger partial charge in [-0.15, -0.1) is 0 Å². The Morgan fingerprint density at radius 2 is 0.636 bits per heavy atom. The molecule has 0 spiro atoms. The monoisotopic (exact) mass is 438 g/mol. The third kappa shape index (κ3) is 6.39. The molecule has 0 aliphatic heterocycles. The molecular weight excluding hydrogens is 408 g/mol. The van der Waals surface area contributed by atoms with Crippen LogP contribution in [-0.2, 0) is 19.3 Å². The summed E-state index contributed by atoms with van der Waals surface area (Å²) in [6.07, 6.45) is -0.815. The second-order valence-electron chi connectivity index (χ2n) is 8.55. The van der Waals surface area contributed by atoms with Crippen LogP contribution in [0.4, 0.5) is 0 Å². The summed E-state index contributed by atoms with van der Waals surface area (Å²) in [7, 11) is 0. The van der Waals surface area contributed by atoms with Crippen molar-refractivity contribution in [2.75, 3.05) is 0 Å². The Morgan fingerprint density at radius 3 is 0.879 bits per heavy atom. The molecule has 0 heterocycles. The molecule has 168 valence electrons. The van der Waals surface area contributed by atoms with Crippen LogP contribution < -0.4 is 0 Å². The smallest absolute Gasteiger partial charge is 0.0830 e. The predicted octanol–water partition coefficient (Wildman–Crippen LogP) is 5.51. The van der Waals surface area contributed by atoms with E-state index in [0.29, 0.717) is 36.0 Å². The molecule has 0 saturated carbocycles. The van der Waals surface area contributed by atoms with E-state index in [1.165, 1.54) is 0 Å². The van der Waals surface area contributed by atoms with E-state index in [4.69, 9.17) is 0 Å². The average molecular weight is 439 g/mol. The van der Waals surface area contributed by atoms with Gasteiger partial charge in [0.2, 0.25) is 0 Å². The quantitative estimate of drug-likeness (QED) is 0.323. The van der Waals surface area contributed by atoms with E-state index in [-0.39, 0.29) is 0 Å². The van der Waals surface area contributed by atoms with Gasteiger partial charge >= 0.3 is 0 Å². The molecule has 3 nitrogen and oxygen atoms in total. The molecular formula is C30H30O3. The molecule has 0 aliphatic rings. The highest BCUT2D eigenvalue weighted by atomic mass is 16.3. The molecule has 0 bridgehead atoms. The van der Waals surface area contributed by atoms with E-state index >= 15 is 0 Å². The van der Waals surface area contributed by atoms with Gasteiger partial charge in [0.25, 0.3) is 0 Å². The van der Waals surface area contributed by atoms with Crippen molar-refractivity contribution in [2.45, 2.75) is 37.6 Å². The van der Waals surface area contributed by atoms with E-state index in [1.54, 1.807) is 0 Å². The average Bonchev–Trinajstić information content (AvgIpc) is 2.85. The third-order valence-corrected chi connectivity index (χ3v) is 5.97. The van der Waals surface area contributed by atoms with Crippen LogP contribution in [0.2, 0.25) is 0 Å². The van der Waals surface area contributed by atoms with E-state index in [0.717, 1.165) is 16.7 Å².